The van der Waals surface area contributed by atoms with Crippen molar-refractivity contribution in [1.82, 2.24) is 0 Å². The predicted octanol–water partition coefficient (Wildman–Crippen LogP) is 4.19. The van der Waals surface area contributed by atoms with E-state index in [-0.39, 0.29) is 17.3 Å². The van der Waals surface area contributed by atoms with Gasteiger partial charge in [0.25, 0.3) is 10.0 Å². The molecule has 0 heterocycles. The fraction of sp³-hybridized carbons (Fsp3) is 0.136. The van der Waals surface area contributed by atoms with Gasteiger partial charge in [0, 0.05) is 18.7 Å². The highest BCUT2D eigenvalue weighted by Crippen LogP contribution is 2.29. The van der Waals surface area contributed by atoms with Crippen LogP contribution in [0.5, 0.6) is 5.75 Å². The van der Waals surface area contributed by atoms with Gasteiger partial charge in [-0.3, -0.25) is 9.10 Å². The molecular formula is C22H21FN2O4S. The molecule has 3 rings (SSSR count). The second-order valence-corrected chi connectivity index (χ2v) is 8.41. The van der Waals surface area contributed by atoms with Crippen LogP contribution in [0.2, 0.25) is 0 Å². The summed E-state index contributed by atoms with van der Waals surface area (Å²) in [5.41, 5.74) is 1.36. The Morgan fingerprint density at radius 3 is 2.37 bits per heavy atom. The number of anilines is 2. The highest BCUT2D eigenvalue weighted by molar-refractivity contribution is 7.92. The molecular weight excluding hydrogens is 407 g/mol. The van der Waals surface area contributed by atoms with Crippen LogP contribution in [0.15, 0.2) is 77.7 Å². The lowest BCUT2D eigenvalue weighted by atomic mass is 10.2. The molecule has 3 aromatic rings. The Labute approximate surface area is 175 Å². The van der Waals surface area contributed by atoms with Crippen molar-refractivity contribution in [2.24, 2.45) is 0 Å². The molecule has 1 N–H and O–H groups in total. The van der Waals surface area contributed by atoms with Crippen LogP contribution in [0.1, 0.15) is 12.5 Å². The third-order valence-electron chi connectivity index (χ3n) is 4.32. The smallest absolute Gasteiger partial charge is 0.264 e. The van der Waals surface area contributed by atoms with Crippen molar-refractivity contribution in [3.05, 3.63) is 84.2 Å². The highest BCUT2D eigenvalue weighted by Gasteiger charge is 2.26. The van der Waals surface area contributed by atoms with Gasteiger partial charge in [0.1, 0.15) is 11.6 Å². The number of carbonyl (C=O) groups is 1. The van der Waals surface area contributed by atoms with Crippen LogP contribution in [0, 0.1) is 5.82 Å². The molecule has 0 atom stereocenters. The van der Waals surface area contributed by atoms with Crippen LogP contribution in [0.4, 0.5) is 15.8 Å². The fourth-order valence-electron chi connectivity index (χ4n) is 2.92. The Morgan fingerprint density at radius 2 is 1.73 bits per heavy atom. The Bertz CT molecular complexity index is 1150. The molecule has 0 fully saturated rings. The van der Waals surface area contributed by atoms with Gasteiger partial charge in [0.2, 0.25) is 5.91 Å². The maximum atomic E-state index is 13.7. The minimum atomic E-state index is -3.99. The third-order valence-corrected chi connectivity index (χ3v) is 6.11. The summed E-state index contributed by atoms with van der Waals surface area (Å²) in [5, 5.41) is 2.60. The molecule has 6 nitrogen and oxygen atoms in total. The van der Waals surface area contributed by atoms with Gasteiger partial charge in [-0.05, 0) is 54.1 Å². The van der Waals surface area contributed by atoms with Crippen LogP contribution >= 0.6 is 0 Å². The molecule has 0 unspecified atom stereocenters. The van der Waals surface area contributed by atoms with Gasteiger partial charge in [0.05, 0.1) is 24.2 Å². The minimum absolute atomic E-state index is 0.0378. The maximum absolute atomic E-state index is 13.7. The molecule has 1 amide bonds. The van der Waals surface area contributed by atoms with E-state index in [4.69, 9.17) is 4.74 Å². The molecule has 3 aromatic carbocycles. The van der Waals surface area contributed by atoms with Gasteiger partial charge < -0.3 is 10.1 Å². The van der Waals surface area contributed by atoms with Crippen molar-refractivity contribution < 1.29 is 22.3 Å². The molecule has 30 heavy (non-hydrogen) atoms. The average molecular weight is 428 g/mol. The molecule has 0 radical (unpaired) electrons. The normalized spacial score (nSPS) is 11.0. The Hall–Kier alpha value is -3.39. The molecule has 0 saturated carbocycles. The Kier molecular flexibility index (Phi) is 6.37. The maximum Gasteiger partial charge on any atom is 0.264 e. The monoisotopic (exact) mass is 428 g/mol. The number of hydrogen-bond donors (Lipinski definition) is 1. The average Bonchev–Trinajstić information content (AvgIpc) is 2.72. The van der Waals surface area contributed by atoms with Gasteiger partial charge in [-0.1, -0.05) is 18.2 Å². The van der Waals surface area contributed by atoms with Crippen molar-refractivity contribution >= 4 is 27.3 Å². The molecule has 0 spiro atoms. The van der Waals surface area contributed by atoms with E-state index in [2.05, 4.69) is 5.32 Å². The number of methoxy groups -OCH3 is 1. The summed E-state index contributed by atoms with van der Waals surface area (Å²) in [6.45, 7) is 1.30. The highest BCUT2D eigenvalue weighted by atomic mass is 32.2. The number of ether oxygens (including phenoxy) is 1. The Morgan fingerprint density at radius 1 is 1.03 bits per heavy atom. The van der Waals surface area contributed by atoms with E-state index in [0.717, 1.165) is 0 Å². The van der Waals surface area contributed by atoms with Gasteiger partial charge >= 0.3 is 0 Å². The lowest BCUT2D eigenvalue weighted by molar-refractivity contribution is -0.114. The Balaban J connectivity index is 2.04. The molecule has 0 aliphatic heterocycles. The second-order valence-electron chi connectivity index (χ2n) is 6.55. The van der Waals surface area contributed by atoms with Gasteiger partial charge in [-0.15, -0.1) is 0 Å². The van der Waals surface area contributed by atoms with Crippen LogP contribution in [-0.4, -0.2) is 21.4 Å². The number of hydrogen-bond acceptors (Lipinski definition) is 4. The van der Waals surface area contributed by atoms with Crippen molar-refractivity contribution in [1.29, 1.82) is 0 Å². The summed E-state index contributed by atoms with van der Waals surface area (Å²) in [5.74, 6) is -0.210. The summed E-state index contributed by atoms with van der Waals surface area (Å²) < 4.78 is 47.0. The lowest BCUT2D eigenvalue weighted by Crippen LogP contribution is -2.30. The number of carbonyl (C=O) groups excluding carboxylic acids is 1. The molecule has 156 valence electrons. The van der Waals surface area contributed by atoms with Gasteiger partial charge in [0.15, 0.2) is 0 Å². The topological polar surface area (TPSA) is 75.7 Å². The first-order chi connectivity index (χ1) is 14.3. The first-order valence-corrected chi connectivity index (χ1v) is 10.5. The van der Waals surface area contributed by atoms with Gasteiger partial charge in [-0.25, -0.2) is 12.8 Å². The zero-order valence-corrected chi connectivity index (χ0v) is 17.3. The second kappa shape index (κ2) is 8.96. The van der Waals surface area contributed by atoms with E-state index in [0.29, 0.717) is 22.7 Å². The van der Waals surface area contributed by atoms with Crippen LogP contribution in [-0.2, 0) is 21.4 Å². The third kappa shape index (κ3) is 4.96. The first-order valence-electron chi connectivity index (χ1n) is 9.08. The first kappa shape index (κ1) is 21.3. The number of amides is 1. The van der Waals surface area contributed by atoms with Crippen LogP contribution in [0.3, 0.4) is 0 Å². The SMILES string of the molecule is COc1cccc(N(Cc2cccc(F)c2)S(=O)(=O)c2ccc(NC(C)=O)cc2)c1. The van der Waals surface area contributed by atoms with E-state index in [1.165, 1.54) is 60.8 Å². The number of benzene rings is 3. The number of sulfonamides is 1. The molecule has 8 heteroatoms. The molecule has 0 saturated heterocycles. The molecule has 0 bridgehead atoms. The molecule has 0 aromatic heterocycles. The summed E-state index contributed by atoms with van der Waals surface area (Å²) in [6, 6.07) is 18.3. The standard InChI is InChI=1S/C22H21FN2O4S/c1-16(26)24-19-9-11-22(12-10-19)30(27,28)25(15-17-5-3-6-18(23)13-17)20-7-4-8-21(14-20)29-2/h3-14H,15H2,1-2H3,(H,24,26). The van der Waals surface area contributed by atoms with Crippen LogP contribution < -0.4 is 14.4 Å². The van der Waals surface area contributed by atoms with Crippen molar-refractivity contribution in [3.8, 4) is 5.75 Å². The predicted molar refractivity (Wildman–Crippen MR) is 114 cm³/mol. The van der Waals surface area contributed by atoms with Crippen molar-refractivity contribution in [2.75, 3.05) is 16.7 Å². The molecule has 0 aliphatic rings. The lowest BCUT2D eigenvalue weighted by Gasteiger charge is -2.25. The quantitative estimate of drug-likeness (QED) is 0.612. The summed E-state index contributed by atoms with van der Waals surface area (Å²) in [6.07, 6.45) is 0. The summed E-state index contributed by atoms with van der Waals surface area (Å²) in [4.78, 5) is 11.2. The fourth-order valence-corrected chi connectivity index (χ4v) is 4.37. The summed E-state index contributed by atoms with van der Waals surface area (Å²) in [7, 11) is -2.50. The van der Waals surface area contributed by atoms with E-state index in [1.807, 2.05) is 0 Å². The number of nitrogens with zero attached hydrogens (tertiary/aromatic N) is 1. The largest absolute Gasteiger partial charge is 0.497 e. The zero-order chi connectivity index (χ0) is 21.7. The van der Waals surface area contributed by atoms with Gasteiger partial charge in [-0.2, -0.15) is 0 Å². The van der Waals surface area contributed by atoms with Crippen LogP contribution in [0.25, 0.3) is 0 Å². The molecule has 0 aliphatic carbocycles. The van der Waals surface area contributed by atoms with E-state index in [1.54, 1.807) is 30.3 Å². The zero-order valence-electron chi connectivity index (χ0n) is 16.5. The van der Waals surface area contributed by atoms with E-state index in [9.17, 15) is 17.6 Å². The van der Waals surface area contributed by atoms with E-state index < -0.39 is 15.8 Å². The van der Waals surface area contributed by atoms with Crippen molar-refractivity contribution in [2.45, 2.75) is 18.4 Å². The number of nitrogens with one attached hydrogen (secondary N) is 1. The number of halogens is 1. The van der Waals surface area contributed by atoms with Crippen molar-refractivity contribution in [3.63, 3.8) is 0 Å². The summed E-state index contributed by atoms with van der Waals surface area (Å²) >= 11 is 0. The van der Waals surface area contributed by atoms with E-state index >= 15 is 0 Å². The minimum Gasteiger partial charge on any atom is -0.497 e. The number of rotatable bonds is 7.